The van der Waals surface area contributed by atoms with Crippen molar-refractivity contribution < 1.29 is 43.2 Å². The molecule has 1 fully saturated rings. The fourth-order valence-electron chi connectivity index (χ4n) is 6.29. The maximum atomic E-state index is 13.7. The summed E-state index contributed by atoms with van der Waals surface area (Å²) in [4.78, 5) is 121. The minimum atomic E-state index is -1.44. The first kappa shape index (κ1) is 43.9. The number of aromatic amines is 1. The number of nitrogens with one attached hydrogen (secondary N) is 8. The quantitative estimate of drug-likeness (QED) is 0.119. The van der Waals surface area contributed by atoms with E-state index in [1.165, 1.54) is 14.0 Å². The number of fused-ring (bicyclic) bond motifs is 1. The number of amides is 9. The van der Waals surface area contributed by atoms with Crippen LogP contribution in [0.25, 0.3) is 10.9 Å². The van der Waals surface area contributed by atoms with Crippen molar-refractivity contribution in [2.24, 2.45) is 5.73 Å². The Morgan fingerprint density at radius 3 is 2.22 bits per heavy atom. The highest BCUT2D eigenvalue weighted by Gasteiger charge is 2.31. The van der Waals surface area contributed by atoms with Crippen LogP contribution < -0.4 is 43.0 Å². The predicted octanol–water partition coefficient (Wildman–Crippen LogP) is -2.22. The van der Waals surface area contributed by atoms with E-state index < -0.39 is 103 Å². The van der Waals surface area contributed by atoms with Gasteiger partial charge in [0, 0.05) is 50.5 Å². The Bertz CT molecular complexity index is 1990. The smallest absolute Gasteiger partial charge is 0.245 e. The molecule has 9 amide bonds. The van der Waals surface area contributed by atoms with Gasteiger partial charge in [-0.1, -0.05) is 48.5 Å². The van der Waals surface area contributed by atoms with E-state index in [0.29, 0.717) is 24.0 Å². The van der Waals surface area contributed by atoms with Gasteiger partial charge in [0.05, 0.1) is 26.1 Å². The number of nitrogens with two attached hydrogens (primary N) is 1. The summed E-state index contributed by atoms with van der Waals surface area (Å²) in [7, 11) is 1.28. The molecule has 10 N–H and O–H groups in total. The molecular weight excluding hydrogens is 752 g/mol. The second kappa shape index (κ2) is 21.5. The third kappa shape index (κ3) is 13.7. The molecule has 3 aromatic rings. The lowest BCUT2D eigenvalue weighted by Gasteiger charge is -2.25. The normalized spacial score (nSPS) is 21.1. The van der Waals surface area contributed by atoms with Gasteiger partial charge in [-0.3, -0.25) is 43.2 Å². The Hall–Kier alpha value is -6.79. The van der Waals surface area contributed by atoms with Crippen LogP contribution in [0, 0.1) is 0 Å². The number of likely N-dealkylation sites (N-methyl/N-ethyl adjacent to an activating group) is 1. The van der Waals surface area contributed by atoms with E-state index in [-0.39, 0.29) is 25.8 Å². The SMILES string of the molecule is CC(=O)NCC(=O)NC1CC(=O)NCCCCC(C(N)=O)NC(=O)[C@H](Cc2c[nH]c3ccccc23)NC(=O)CNC(=O)C(Cc2ccccc2)NC(=O)CN(C)C1=O. The molecule has 0 saturated carbocycles. The molecule has 19 heteroatoms. The van der Waals surface area contributed by atoms with Gasteiger partial charge in [0.15, 0.2) is 0 Å². The molecule has 310 valence electrons. The minimum Gasteiger partial charge on any atom is -0.368 e. The summed E-state index contributed by atoms with van der Waals surface area (Å²) in [6.07, 6.45) is 1.94. The van der Waals surface area contributed by atoms with E-state index in [1.54, 1.807) is 36.5 Å². The first-order valence-corrected chi connectivity index (χ1v) is 18.8. The van der Waals surface area contributed by atoms with Crippen molar-refractivity contribution in [3.8, 4) is 0 Å². The molecule has 3 unspecified atom stereocenters. The molecule has 4 atom stereocenters. The lowest BCUT2D eigenvalue weighted by atomic mass is 10.0. The highest BCUT2D eigenvalue weighted by atomic mass is 16.2. The van der Waals surface area contributed by atoms with Gasteiger partial charge in [0.2, 0.25) is 53.2 Å². The zero-order valence-electron chi connectivity index (χ0n) is 32.4. The van der Waals surface area contributed by atoms with Crippen LogP contribution in [0.1, 0.15) is 43.7 Å². The number of nitrogens with zero attached hydrogens (tertiary/aromatic N) is 1. The number of carbonyl (C=O) groups is 9. The molecular formula is C39H50N10O9. The van der Waals surface area contributed by atoms with E-state index in [1.807, 2.05) is 24.3 Å². The number of hydrogen-bond acceptors (Lipinski definition) is 9. The molecule has 2 aromatic carbocycles. The average Bonchev–Trinajstić information content (AvgIpc) is 3.59. The van der Waals surface area contributed by atoms with Gasteiger partial charge in [0.25, 0.3) is 0 Å². The molecule has 2 heterocycles. The number of benzene rings is 2. The lowest BCUT2D eigenvalue weighted by molar-refractivity contribution is -0.140. The number of hydrogen-bond donors (Lipinski definition) is 9. The van der Waals surface area contributed by atoms with Crippen molar-refractivity contribution in [2.75, 3.05) is 33.2 Å². The number of rotatable bonds is 8. The molecule has 1 aliphatic heterocycles. The fourth-order valence-corrected chi connectivity index (χ4v) is 6.29. The Labute approximate surface area is 334 Å². The molecule has 58 heavy (non-hydrogen) atoms. The second-order valence-corrected chi connectivity index (χ2v) is 13.9. The molecule has 0 aliphatic carbocycles. The van der Waals surface area contributed by atoms with Crippen LogP contribution in [0.4, 0.5) is 0 Å². The summed E-state index contributed by atoms with van der Waals surface area (Å²) in [5.41, 5.74) is 7.82. The van der Waals surface area contributed by atoms with Crippen LogP contribution in [-0.4, -0.2) is 120 Å². The highest BCUT2D eigenvalue weighted by molar-refractivity contribution is 5.97. The monoisotopic (exact) mass is 802 g/mol. The first-order valence-electron chi connectivity index (χ1n) is 18.8. The van der Waals surface area contributed by atoms with Crippen LogP contribution in [0.5, 0.6) is 0 Å². The summed E-state index contributed by atoms with van der Waals surface area (Å²) >= 11 is 0. The highest BCUT2D eigenvalue weighted by Crippen LogP contribution is 2.19. The molecule has 1 aliphatic rings. The first-order chi connectivity index (χ1) is 27.7. The standard InChI is InChI=1S/C39H50N10O9/c1-23(50)42-20-33(52)47-31-18-32(51)41-15-9-8-14-28(36(40)55)48-38(57)30(17-25-19-43-27-13-7-6-12-26(25)27)45-34(53)21-44-37(56)29(16-24-10-4-3-5-11-24)46-35(54)22-49(2)39(31)58/h3-7,10-13,19,28-31,43H,8-9,14-18,20-22H2,1-2H3,(H2,40,55)(H,41,51)(H,42,50)(H,44,56)(H,45,53)(H,46,54)(H,47,52)(H,48,57)/t28?,29?,30-,31?/m0/s1. The summed E-state index contributed by atoms with van der Waals surface area (Å²) in [6, 6.07) is 11.1. The minimum absolute atomic E-state index is 0.000202. The Kier molecular flexibility index (Phi) is 16.3. The van der Waals surface area contributed by atoms with E-state index >= 15 is 0 Å². The maximum absolute atomic E-state index is 13.7. The van der Waals surface area contributed by atoms with Crippen molar-refractivity contribution in [3.05, 3.63) is 71.9 Å². The van der Waals surface area contributed by atoms with Gasteiger partial charge in [-0.2, -0.15) is 0 Å². The summed E-state index contributed by atoms with van der Waals surface area (Å²) in [5, 5.41) is 18.6. The Morgan fingerprint density at radius 1 is 0.810 bits per heavy atom. The lowest BCUT2D eigenvalue weighted by Crippen LogP contribution is -2.56. The average molecular weight is 803 g/mol. The topological polar surface area (TPSA) is 283 Å². The fraction of sp³-hybridized carbons (Fsp3) is 0.410. The molecule has 4 rings (SSSR count). The summed E-state index contributed by atoms with van der Waals surface area (Å²) in [6.45, 7) is -0.341. The molecule has 0 radical (unpaired) electrons. The van der Waals surface area contributed by atoms with Crippen molar-refractivity contribution in [1.29, 1.82) is 0 Å². The van der Waals surface area contributed by atoms with Crippen LogP contribution >= 0.6 is 0 Å². The molecule has 1 aromatic heterocycles. The predicted molar refractivity (Wildman–Crippen MR) is 210 cm³/mol. The van der Waals surface area contributed by atoms with E-state index in [4.69, 9.17) is 5.73 Å². The van der Waals surface area contributed by atoms with Crippen LogP contribution in [0.2, 0.25) is 0 Å². The molecule has 0 spiro atoms. The van der Waals surface area contributed by atoms with Gasteiger partial charge in [0.1, 0.15) is 24.2 Å². The van der Waals surface area contributed by atoms with E-state index in [2.05, 4.69) is 42.2 Å². The largest absolute Gasteiger partial charge is 0.368 e. The van der Waals surface area contributed by atoms with Gasteiger partial charge < -0.3 is 52.8 Å². The number of aromatic nitrogens is 1. The van der Waals surface area contributed by atoms with Crippen LogP contribution in [0.15, 0.2) is 60.8 Å². The number of primary amides is 1. The van der Waals surface area contributed by atoms with Gasteiger partial charge in [-0.25, -0.2) is 0 Å². The third-order valence-corrected chi connectivity index (χ3v) is 9.29. The summed E-state index contributed by atoms with van der Waals surface area (Å²) < 4.78 is 0. The molecule has 1 saturated heterocycles. The Morgan fingerprint density at radius 2 is 1.50 bits per heavy atom. The van der Waals surface area contributed by atoms with Crippen molar-refractivity contribution in [1.82, 2.24) is 47.1 Å². The molecule has 0 bridgehead atoms. The van der Waals surface area contributed by atoms with Crippen molar-refractivity contribution in [3.63, 3.8) is 0 Å². The number of H-pyrrole nitrogens is 1. The van der Waals surface area contributed by atoms with Crippen LogP contribution in [-0.2, 0) is 56.0 Å². The number of para-hydroxylation sites is 1. The van der Waals surface area contributed by atoms with Crippen LogP contribution in [0.3, 0.4) is 0 Å². The summed E-state index contributed by atoms with van der Waals surface area (Å²) in [5.74, 6) is -6.44. The number of carbonyl (C=O) groups excluding carboxylic acids is 9. The van der Waals surface area contributed by atoms with Gasteiger partial charge in [-0.15, -0.1) is 0 Å². The third-order valence-electron chi connectivity index (χ3n) is 9.29. The zero-order chi connectivity index (χ0) is 42.2. The van der Waals surface area contributed by atoms with E-state index in [0.717, 1.165) is 15.8 Å². The Balaban J connectivity index is 1.59. The zero-order valence-corrected chi connectivity index (χ0v) is 32.4. The van der Waals surface area contributed by atoms with Crippen molar-refractivity contribution >= 4 is 64.1 Å². The van der Waals surface area contributed by atoms with Crippen molar-refractivity contribution in [2.45, 2.75) is 69.6 Å². The van der Waals surface area contributed by atoms with Gasteiger partial charge in [-0.05, 0) is 36.5 Å². The van der Waals surface area contributed by atoms with E-state index in [9.17, 15) is 43.2 Å². The molecule has 19 nitrogen and oxygen atoms in total. The maximum Gasteiger partial charge on any atom is 0.245 e. The second-order valence-electron chi connectivity index (χ2n) is 13.9. The van der Waals surface area contributed by atoms with Gasteiger partial charge >= 0.3 is 0 Å².